The van der Waals surface area contributed by atoms with Crippen molar-refractivity contribution in [1.82, 2.24) is 0 Å². The van der Waals surface area contributed by atoms with Crippen LogP contribution in [0.25, 0.3) is 0 Å². The normalized spacial score (nSPS) is 23.7. The molecule has 3 heterocycles. The van der Waals surface area contributed by atoms with E-state index in [-0.39, 0.29) is 5.91 Å². The van der Waals surface area contributed by atoms with Crippen molar-refractivity contribution in [2.75, 3.05) is 9.96 Å². The number of thiophene rings is 1. The number of nitrogens with zero attached hydrogens (tertiary/aromatic N) is 3. The number of rotatable bonds is 3. The Morgan fingerprint density at radius 2 is 1.74 bits per heavy atom. The van der Waals surface area contributed by atoms with Crippen LogP contribution in [0.5, 0.6) is 0 Å². The average molecular weight is 490 g/mol. The third-order valence-electron chi connectivity index (χ3n) is 6.81. The zero-order valence-corrected chi connectivity index (χ0v) is 19.7. The largest absolute Gasteiger partial charge is 0.273 e. The summed E-state index contributed by atoms with van der Waals surface area (Å²) in [5.41, 5.74) is 3.05. The van der Waals surface area contributed by atoms with E-state index in [2.05, 4.69) is 6.07 Å². The fourth-order valence-electron chi connectivity index (χ4n) is 5.24. The summed E-state index contributed by atoms with van der Waals surface area (Å²) in [6.45, 7) is 0. The molecule has 0 bridgehead atoms. The highest BCUT2D eigenvalue weighted by atomic mass is 35.5. The van der Waals surface area contributed by atoms with Crippen molar-refractivity contribution in [3.05, 3.63) is 81.2 Å². The maximum absolute atomic E-state index is 13.9. The highest BCUT2D eigenvalue weighted by Crippen LogP contribution is 2.50. The number of aryl methyl sites for hydroxylation is 1. The molecule has 1 aromatic heterocycles. The van der Waals surface area contributed by atoms with E-state index >= 15 is 0 Å². The van der Waals surface area contributed by atoms with Gasteiger partial charge in [0.2, 0.25) is 5.91 Å². The number of imide groups is 1. The topological polar surface area (TPSA) is 73.6 Å². The molecule has 2 amide bonds. The SMILES string of the molecule is N#Cc1c(N2C(=O)[C@H]3[C@@H](c4ccccc4)N(c4ccc(Cl)cc4)O[C@H]3C2=O)sc2c1CCCC2. The highest BCUT2D eigenvalue weighted by Gasteiger charge is 2.61. The molecule has 6 rings (SSSR count). The van der Waals surface area contributed by atoms with Crippen molar-refractivity contribution < 1.29 is 14.4 Å². The van der Waals surface area contributed by atoms with Gasteiger partial charge in [-0.1, -0.05) is 41.9 Å². The monoisotopic (exact) mass is 489 g/mol. The van der Waals surface area contributed by atoms with E-state index in [1.807, 2.05) is 42.5 Å². The summed E-state index contributed by atoms with van der Waals surface area (Å²) < 4.78 is 0. The second-order valence-corrected chi connectivity index (χ2v) is 10.2. The van der Waals surface area contributed by atoms with Crippen LogP contribution in [0.1, 0.15) is 40.5 Å². The fraction of sp³-hybridized carbons (Fsp3) is 0.269. The standard InChI is InChI=1S/C26H20ClN3O3S/c27-16-10-12-17(13-11-16)30-22(15-6-2-1-3-7-15)21-23(33-30)25(32)29(24(21)31)26-19(14-28)18-8-4-5-9-20(18)34-26/h1-3,6-7,10-13,21-23H,4-5,8-9H2/t21-,22+,23+/m0/s1. The Kier molecular flexibility index (Phi) is 5.18. The minimum Gasteiger partial charge on any atom is -0.273 e. The van der Waals surface area contributed by atoms with E-state index in [0.717, 1.165) is 41.7 Å². The predicted molar refractivity (Wildman–Crippen MR) is 130 cm³/mol. The van der Waals surface area contributed by atoms with Crippen molar-refractivity contribution in [2.24, 2.45) is 5.92 Å². The van der Waals surface area contributed by atoms with Gasteiger partial charge in [0, 0.05) is 9.90 Å². The molecule has 6 nitrogen and oxygen atoms in total. The van der Waals surface area contributed by atoms with Gasteiger partial charge in [-0.15, -0.1) is 11.3 Å². The lowest BCUT2D eigenvalue weighted by Gasteiger charge is -2.28. The van der Waals surface area contributed by atoms with Crippen LogP contribution < -0.4 is 9.96 Å². The van der Waals surface area contributed by atoms with E-state index in [1.165, 1.54) is 16.2 Å². The van der Waals surface area contributed by atoms with Crippen molar-refractivity contribution in [3.63, 3.8) is 0 Å². The number of anilines is 2. The molecule has 1 aliphatic carbocycles. The van der Waals surface area contributed by atoms with Gasteiger partial charge in [-0.05, 0) is 61.1 Å². The van der Waals surface area contributed by atoms with Gasteiger partial charge in [-0.3, -0.25) is 14.4 Å². The van der Waals surface area contributed by atoms with Crippen LogP contribution in [-0.2, 0) is 27.3 Å². The third-order valence-corrected chi connectivity index (χ3v) is 8.33. The van der Waals surface area contributed by atoms with E-state index in [0.29, 0.717) is 21.3 Å². The Balaban J connectivity index is 1.43. The maximum atomic E-state index is 13.9. The molecule has 0 radical (unpaired) electrons. The summed E-state index contributed by atoms with van der Waals surface area (Å²) in [7, 11) is 0. The zero-order chi connectivity index (χ0) is 23.4. The van der Waals surface area contributed by atoms with Gasteiger partial charge in [0.05, 0.1) is 17.3 Å². The molecule has 0 N–H and O–H groups in total. The van der Waals surface area contributed by atoms with Gasteiger partial charge in [0.15, 0.2) is 6.10 Å². The van der Waals surface area contributed by atoms with Crippen molar-refractivity contribution in [2.45, 2.75) is 37.8 Å². The number of amides is 2. The molecule has 3 aliphatic rings. The first-order valence-electron chi connectivity index (χ1n) is 11.3. The first-order valence-corrected chi connectivity index (χ1v) is 12.5. The second-order valence-electron chi connectivity index (χ2n) is 8.72. The molecule has 0 spiro atoms. The quantitative estimate of drug-likeness (QED) is 0.472. The number of halogens is 1. The molecular weight excluding hydrogens is 470 g/mol. The van der Waals surface area contributed by atoms with Gasteiger partial charge in [0.1, 0.15) is 17.0 Å². The van der Waals surface area contributed by atoms with Crippen LogP contribution in [0.3, 0.4) is 0 Å². The van der Waals surface area contributed by atoms with E-state index < -0.39 is 24.0 Å². The van der Waals surface area contributed by atoms with E-state index in [1.54, 1.807) is 17.2 Å². The second kappa shape index (κ2) is 8.24. The lowest BCUT2D eigenvalue weighted by Crippen LogP contribution is -2.37. The predicted octanol–water partition coefficient (Wildman–Crippen LogP) is 5.20. The number of hydroxylamine groups is 1. The number of carbonyl (C=O) groups excluding carboxylic acids is 2. The van der Waals surface area contributed by atoms with Crippen LogP contribution in [0.15, 0.2) is 54.6 Å². The third kappa shape index (κ3) is 3.17. The number of carbonyl (C=O) groups is 2. The van der Waals surface area contributed by atoms with Crippen LogP contribution in [0.4, 0.5) is 10.7 Å². The van der Waals surface area contributed by atoms with Crippen LogP contribution >= 0.6 is 22.9 Å². The van der Waals surface area contributed by atoms with E-state index in [4.69, 9.17) is 16.4 Å². The lowest BCUT2D eigenvalue weighted by molar-refractivity contribution is -0.126. The highest BCUT2D eigenvalue weighted by molar-refractivity contribution is 7.17. The Labute approximate surface area is 205 Å². The minimum absolute atomic E-state index is 0.324. The summed E-state index contributed by atoms with van der Waals surface area (Å²) >= 11 is 7.48. The molecule has 2 saturated heterocycles. The van der Waals surface area contributed by atoms with Gasteiger partial charge < -0.3 is 0 Å². The van der Waals surface area contributed by atoms with Gasteiger partial charge >= 0.3 is 0 Å². The van der Waals surface area contributed by atoms with Crippen molar-refractivity contribution in [1.29, 1.82) is 5.26 Å². The van der Waals surface area contributed by atoms with Gasteiger partial charge in [-0.25, -0.2) is 9.96 Å². The van der Waals surface area contributed by atoms with Crippen LogP contribution in [0.2, 0.25) is 5.02 Å². The fourth-order valence-corrected chi connectivity index (χ4v) is 6.72. The number of nitriles is 1. The molecule has 2 aromatic carbocycles. The number of fused-ring (bicyclic) bond motifs is 2. The number of hydrogen-bond donors (Lipinski definition) is 0. The Hall–Kier alpha value is -3.18. The summed E-state index contributed by atoms with van der Waals surface area (Å²) in [6.07, 6.45) is 2.80. The van der Waals surface area contributed by atoms with Crippen LogP contribution in [-0.4, -0.2) is 17.9 Å². The molecule has 3 atom stereocenters. The Morgan fingerprint density at radius 1 is 1.00 bits per heavy atom. The zero-order valence-electron chi connectivity index (χ0n) is 18.1. The van der Waals surface area contributed by atoms with Crippen molar-refractivity contribution in [3.8, 4) is 6.07 Å². The smallest absolute Gasteiger partial charge is 0.267 e. The molecule has 170 valence electrons. The molecule has 8 heteroatoms. The summed E-state index contributed by atoms with van der Waals surface area (Å²) in [6, 6.07) is 18.5. The maximum Gasteiger partial charge on any atom is 0.267 e. The molecule has 2 aliphatic heterocycles. The molecule has 0 saturated carbocycles. The van der Waals surface area contributed by atoms with E-state index in [9.17, 15) is 14.9 Å². The molecule has 0 unspecified atom stereocenters. The Morgan fingerprint density at radius 3 is 2.47 bits per heavy atom. The minimum atomic E-state index is -0.959. The van der Waals surface area contributed by atoms with Gasteiger partial charge in [-0.2, -0.15) is 5.26 Å². The van der Waals surface area contributed by atoms with Crippen LogP contribution in [0, 0.1) is 17.2 Å². The molecular formula is C26H20ClN3O3S. The first kappa shape index (κ1) is 21.4. The molecule has 34 heavy (non-hydrogen) atoms. The molecule has 2 fully saturated rings. The summed E-state index contributed by atoms with van der Waals surface area (Å²) in [4.78, 5) is 36.0. The van der Waals surface area contributed by atoms with Gasteiger partial charge in [0.25, 0.3) is 5.91 Å². The summed E-state index contributed by atoms with van der Waals surface area (Å²) in [5, 5.41) is 12.6. The number of benzene rings is 2. The average Bonchev–Trinajstić information content (AvgIpc) is 3.50. The molecule has 3 aromatic rings. The lowest BCUT2D eigenvalue weighted by atomic mass is 9.90. The summed E-state index contributed by atoms with van der Waals surface area (Å²) in [5.74, 6) is -1.46. The first-order chi connectivity index (χ1) is 16.6. The Bertz CT molecular complexity index is 1330. The number of hydrogen-bond acceptors (Lipinski definition) is 6. The van der Waals surface area contributed by atoms with Crippen molar-refractivity contribution >= 4 is 45.4 Å².